The summed E-state index contributed by atoms with van der Waals surface area (Å²) in [6.07, 6.45) is 1.83. The van der Waals surface area contributed by atoms with Crippen LogP contribution in [0.1, 0.15) is 38.8 Å². The molecule has 0 aliphatic rings. The van der Waals surface area contributed by atoms with E-state index in [4.69, 9.17) is 12.2 Å². The van der Waals surface area contributed by atoms with E-state index in [1.165, 1.54) is 15.4 Å². The number of rotatable bonds is 8. The van der Waals surface area contributed by atoms with E-state index in [0.29, 0.717) is 18.2 Å². The fourth-order valence-electron chi connectivity index (χ4n) is 3.10. The van der Waals surface area contributed by atoms with Crippen LogP contribution in [-0.4, -0.2) is 30.9 Å². The minimum absolute atomic E-state index is 0.283. The molecule has 0 bridgehead atoms. The van der Waals surface area contributed by atoms with Crippen molar-refractivity contribution >= 4 is 38.7 Å². The van der Waals surface area contributed by atoms with E-state index in [0.717, 1.165) is 24.2 Å². The molecule has 0 radical (unpaired) electrons. The van der Waals surface area contributed by atoms with Crippen molar-refractivity contribution in [2.75, 3.05) is 23.7 Å². The topological polar surface area (TPSA) is 61.4 Å². The number of sulfonamides is 1. The largest absolute Gasteiger partial charge is 0.332 e. The van der Waals surface area contributed by atoms with Crippen LogP contribution in [0.3, 0.4) is 0 Å². The fourth-order valence-corrected chi connectivity index (χ4v) is 4.78. The van der Waals surface area contributed by atoms with Gasteiger partial charge in [-0.3, -0.25) is 0 Å². The van der Waals surface area contributed by atoms with Crippen LogP contribution in [0.15, 0.2) is 47.4 Å². The summed E-state index contributed by atoms with van der Waals surface area (Å²) in [5.74, 6) is 0. The zero-order valence-corrected chi connectivity index (χ0v) is 18.6. The Labute approximate surface area is 174 Å². The molecule has 0 aliphatic heterocycles. The number of hydrogen-bond donors (Lipinski definition) is 2. The highest BCUT2D eigenvalue weighted by Gasteiger charge is 2.21. The van der Waals surface area contributed by atoms with E-state index in [2.05, 4.69) is 42.7 Å². The SMILES string of the molecule is CCc1cccc(CC)c1NC(=S)Nc1ccc(S(=O)(=O)N(CC)CC)cc1. The van der Waals surface area contributed by atoms with Gasteiger partial charge in [-0.15, -0.1) is 0 Å². The molecular weight excluding hydrogens is 390 g/mol. The Morgan fingerprint density at radius 2 is 1.43 bits per heavy atom. The van der Waals surface area contributed by atoms with Gasteiger partial charge in [0.1, 0.15) is 0 Å². The van der Waals surface area contributed by atoms with E-state index in [-0.39, 0.29) is 4.90 Å². The van der Waals surface area contributed by atoms with Crippen LogP contribution in [0.4, 0.5) is 11.4 Å². The lowest BCUT2D eigenvalue weighted by Crippen LogP contribution is -2.30. The van der Waals surface area contributed by atoms with Crippen LogP contribution in [0.5, 0.6) is 0 Å². The maximum Gasteiger partial charge on any atom is 0.243 e. The summed E-state index contributed by atoms with van der Waals surface area (Å²) in [6.45, 7) is 8.80. The minimum Gasteiger partial charge on any atom is -0.332 e. The molecule has 0 aromatic heterocycles. The Morgan fingerprint density at radius 3 is 1.89 bits per heavy atom. The predicted molar refractivity (Wildman–Crippen MR) is 122 cm³/mol. The van der Waals surface area contributed by atoms with Gasteiger partial charge in [0.05, 0.1) is 4.90 Å². The lowest BCUT2D eigenvalue weighted by Gasteiger charge is -2.19. The van der Waals surface area contributed by atoms with Gasteiger partial charge in [-0.2, -0.15) is 4.31 Å². The highest BCUT2D eigenvalue weighted by Crippen LogP contribution is 2.23. The van der Waals surface area contributed by atoms with Crippen LogP contribution >= 0.6 is 12.2 Å². The molecule has 0 heterocycles. The maximum atomic E-state index is 12.6. The van der Waals surface area contributed by atoms with E-state index in [1.807, 2.05) is 13.8 Å². The number of anilines is 2. The molecule has 0 amide bonds. The first-order chi connectivity index (χ1) is 13.4. The molecular formula is C21H29N3O2S2. The van der Waals surface area contributed by atoms with Gasteiger partial charge in [-0.05, 0) is 60.5 Å². The second kappa shape index (κ2) is 10.0. The Kier molecular flexibility index (Phi) is 7.98. The summed E-state index contributed by atoms with van der Waals surface area (Å²) in [5, 5.41) is 6.93. The molecule has 28 heavy (non-hydrogen) atoms. The Hall–Kier alpha value is -1.96. The van der Waals surface area contributed by atoms with Crippen molar-refractivity contribution in [2.24, 2.45) is 0 Å². The number of para-hydroxylation sites is 1. The van der Waals surface area contributed by atoms with Crippen molar-refractivity contribution in [3.8, 4) is 0 Å². The molecule has 0 saturated carbocycles. The van der Waals surface area contributed by atoms with E-state index in [9.17, 15) is 8.42 Å². The number of nitrogens with one attached hydrogen (secondary N) is 2. The van der Waals surface area contributed by atoms with Crippen molar-refractivity contribution in [1.82, 2.24) is 4.31 Å². The molecule has 152 valence electrons. The van der Waals surface area contributed by atoms with Crippen molar-refractivity contribution < 1.29 is 8.42 Å². The van der Waals surface area contributed by atoms with Gasteiger partial charge in [-0.1, -0.05) is 45.9 Å². The van der Waals surface area contributed by atoms with Crippen LogP contribution in [0.2, 0.25) is 0 Å². The molecule has 0 spiro atoms. The third-order valence-electron chi connectivity index (χ3n) is 4.69. The standard InChI is InChI=1S/C21H29N3O2S2/c1-5-16-10-9-11-17(6-2)20(16)23-21(27)22-18-12-14-19(15-13-18)28(25,26)24(7-3)8-4/h9-15H,5-8H2,1-4H3,(H2,22,23,27). The summed E-state index contributed by atoms with van der Waals surface area (Å²) >= 11 is 5.47. The minimum atomic E-state index is -3.46. The molecule has 0 aliphatic carbocycles. The van der Waals surface area contributed by atoms with Crippen molar-refractivity contribution in [3.05, 3.63) is 53.6 Å². The normalized spacial score (nSPS) is 11.5. The maximum absolute atomic E-state index is 12.6. The highest BCUT2D eigenvalue weighted by atomic mass is 32.2. The van der Waals surface area contributed by atoms with Crippen molar-refractivity contribution in [3.63, 3.8) is 0 Å². The number of thiocarbonyl (C=S) groups is 1. The summed E-state index contributed by atoms with van der Waals surface area (Å²) in [5.41, 5.74) is 4.21. The van der Waals surface area contributed by atoms with Crippen LogP contribution < -0.4 is 10.6 Å². The van der Waals surface area contributed by atoms with Gasteiger partial charge in [-0.25, -0.2) is 8.42 Å². The number of nitrogens with zero attached hydrogens (tertiary/aromatic N) is 1. The molecule has 7 heteroatoms. The number of aryl methyl sites for hydroxylation is 2. The molecule has 0 atom stereocenters. The van der Waals surface area contributed by atoms with Crippen molar-refractivity contribution in [2.45, 2.75) is 45.4 Å². The predicted octanol–water partition coefficient (Wildman–Crippen LogP) is 4.65. The van der Waals surface area contributed by atoms with Gasteiger partial charge in [0, 0.05) is 24.5 Å². The second-order valence-electron chi connectivity index (χ2n) is 6.35. The summed E-state index contributed by atoms with van der Waals surface area (Å²) in [4.78, 5) is 0.283. The lowest BCUT2D eigenvalue weighted by atomic mass is 10.0. The number of benzene rings is 2. The molecule has 0 unspecified atom stereocenters. The Bertz CT molecular complexity index is 883. The second-order valence-corrected chi connectivity index (χ2v) is 8.70. The molecule has 0 saturated heterocycles. The zero-order chi connectivity index (χ0) is 20.7. The Morgan fingerprint density at radius 1 is 0.893 bits per heavy atom. The van der Waals surface area contributed by atoms with E-state index < -0.39 is 10.0 Å². The van der Waals surface area contributed by atoms with Crippen LogP contribution in [0.25, 0.3) is 0 Å². The molecule has 0 fully saturated rings. The average molecular weight is 420 g/mol. The first-order valence-corrected chi connectivity index (χ1v) is 11.5. The smallest absolute Gasteiger partial charge is 0.243 e. The molecule has 2 aromatic carbocycles. The van der Waals surface area contributed by atoms with Crippen molar-refractivity contribution in [1.29, 1.82) is 0 Å². The van der Waals surface area contributed by atoms with Gasteiger partial charge in [0.15, 0.2) is 5.11 Å². The lowest BCUT2D eigenvalue weighted by molar-refractivity contribution is 0.445. The van der Waals surface area contributed by atoms with Gasteiger partial charge in [0.25, 0.3) is 0 Å². The van der Waals surface area contributed by atoms with E-state index in [1.54, 1.807) is 24.3 Å². The first kappa shape index (κ1) is 22.3. The summed E-state index contributed by atoms with van der Waals surface area (Å²) in [7, 11) is -3.46. The van der Waals surface area contributed by atoms with Crippen LogP contribution in [-0.2, 0) is 22.9 Å². The van der Waals surface area contributed by atoms with Gasteiger partial charge >= 0.3 is 0 Å². The third kappa shape index (κ3) is 5.10. The molecule has 2 N–H and O–H groups in total. The quantitative estimate of drug-likeness (QED) is 0.610. The molecule has 5 nitrogen and oxygen atoms in total. The van der Waals surface area contributed by atoms with Gasteiger partial charge < -0.3 is 10.6 Å². The Balaban J connectivity index is 2.14. The highest BCUT2D eigenvalue weighted by molar-refractivity contribution is 7.89. The average Bonchev–Trinajstić information content (AvgIpc) is 2.69. The molecule has 2 aromatic rings. The van der Waals surface area contributed by atoms with E-state index >= 15 is 0 Å². The first-order valence-electron chi connectivity index (χ1n) is 9.66. The number of hydrogen-bond acceptors (Lipinski definition) is 3. The summed E-state index contributed by atoms with van der Waals surface area (Å²) < 4.78 is 26.6. The monoisotopic (exact) mass is 419 g/mol. The van der Waals surface area contributed by atoms with Gasteiger partial charge in [0.2, 0.25) is 10.0 Å². The summed E-state index contributed by atoms with van der Waals surface area (Å²) in [6, 6.07) is 12.9. The fraction of sp³-hybridized carbons (Fsp3) is 0.381. The molecule has 2 rings (SSSR count). The zero-order valence-electron chi connectivity index (χ0n) is 17.0. The third-order valence-corrected chi connectivity index (χ3v) is 6.96. The van der Waals surface area contributed by atoms with Crippen LogP contribution in [0, 0.1) is 0 Å².